The number of hydrogen-bond donors (Lipinski definition) is 1. The summed E-state index contributed by atoms with van der Waals surface area (Å²) in [4.78, 5) is 12.1. The van der Waals surface area contributed by atoms with Crippen LogP contribution < -0.4 is 10.6 Å². The molecule has 1 aromatic carbocycles. The van der Waals surface area contributed by atoms with Crippen LogP contribution in [-0.4, -0.2) is 37.3 Å². The molecule has 0 saturated carbocycles. The van der Waals surface area contributed by atoms with Crippen molar-refractivity contribution in [3.8, 4) is 0 Å². The molecule has 20 heavy (non-hydrogen) atoms. The summed E-state index contributed by atoms with van der Waals surface area (Å²) in [7, 11) is 1.65. The number of halogens is 1. The third kappa shape index (κ3) is 3.05. The van der Waals surface area contributed by atoms with E-state index < -0.39 is 10.7 Å². The van der Waals surface area contributed by atoms with E-state index in [1.807, 2.05) is 4.90 Å². The van der Waals surface area contributed by atoms with E-state index in [1.165, 1.54) is 12.1 Å². The van der Waals surface area contributed by atoms with Gasteiger partial charge in [-0.1, -0.05) is 0 Å². The van der Waals surface area contributed by atoms with Crippen molar-refractivity contribution in [2.75, 3.05) is 25.1 Å². The molecule has 1 aliphatic heterocycles. The zero-order valence-electron chi connectivity index (χ0n) is 11.3. The predicted octanol–water partition coefficient (Wildman–Crippen LogP) is 1.68. The first-order valence-electron chi connectivity index (χ1n) is 6.49. The molecule has 7 heteroatoms. The molecule has 1 heterocycles. The number of nitro groups is 1. The third-order valence-electron chi connectivity index (χ3n) is 3.68. The lowest BCUT2D eigenvalue weighted by molar-refractivity contribution is -0.385. The van der Waals surface area contributed by atoms with Crippen molar-refractivity contribution < 1.29 is 14.1 Å². The van der Waals surface area contributed by atoms with Crippen LogP contribution >= 0.6 is 0 Å². The average molecular weight is 283 g/mol. The van der Waals surface area contributed by atoms with E-state index in [-0.39, 0.29) is 17.8 Å². The van der Waals surface area contributed by atoms with Gasteiger partial charge < -0.3 is 15.4 Å². The highest BCUT2D eigenvalue weighted by molar-refractivity contribution is 5.54. The number of nitro benzene ring substituents is 1. The van der Waals surface area contributed by atoms with Gasteiger partial charge >= 0.3 is 0 Å². The molecule has 1 saturated heterocycles. The number of piperidine rings is 1. The van der Waals surface area contributed by atoms with E-state index in [9.17, 15) is 14.5 Å². The van der Waals surface area contributed by atoms with Crippen molar-refractivity contribution in [3.05, 3.63) is 34.1 Å². The Morgan fingerprint density at radius 1 is 1.55 bits per heavy atom. The second kappa shape index (κ2) is 6.15. The number of methoxy groups -OCH3 is 1. The molecule has 6 nitrogen and oxygen atoms in total. The lowest BCUT2D eigenvalue weighted by Gasteiger charge is -2.40. The number of nitrogens with zero attached hydrogens (tertiary/aromatic N) is 2. The first-order valence-corrected chi connectivity index (χ1v) is 6.49. The summed E-state index contributed by atoms with van der Waals surface area (Å²) < 4.78 is 18.9. The first kappa shape index (κ1) is 14.7. The normalized spacial score (nSPS) is 22.9. The molecule has 1 aliphatic rings. The number of anilines is 1. The van der Waals surface area contributed by atoms with E-state index in [2.05, 4.69) is 0 Å². The van der Waals surface area contributed by atoms with E-state index in [4.69, 9.17) is 10.5 Å². The fourth-order valence-corrected chi connectivity index (χ4v) is 2.62. The van der Waals surface area contributed by atoms with Crippen LogP contribution in [0.5, 0.6) is 0 Å². The van der Waals surface area contributed by atoms with Gasteiger partial charge in [0.25, 0.3) is 5.69 Å². The van der Waals surface area contributed by atoms with Gasteiger partial charge in [0.15, 0.2) is 0 Å². The Morgan fingerprint density at radius 2 is 2.30 bits per heavy atom. The van der Waals surface area contributed by atoms with Gasteiger partial charge in [0.2, 0.25) is 0 Å². The zero-order valence-corrected chi connectivity index (χ0v) is 11.3. The number of non-ortho nitro benzene ring substituents is 1. The summed E-state index contributed by atoms with van der Waals surface area (Å²) >= 11 is 0. The fraction of sp³-hybridized carbons (Fsp3) is 0.538. The van der Waals surface area contributed by atoms with Crippen LogP contribution in [0.1, 0.15) is 12.8 Å². The maximum atomic E-state index is 13.5. The standard InChI is InChI=1S/C13H18FN3O3/c1-20-13-2-3-16(12(7-13)8-15)10-4-9(14)5-11(6-10)17(18)19/h4-6,12-13H,2-3,7-8,15H2,1H3. The highest BCUT2D eigenvalue weighted by atomic mass is 19.1. The Kier molecular flexibility index (Phi) is 4.51. The van der Waals surface area contributed by atoms with Crippen LogP contribution in [0, 0.1) is 15.9 Å². The van der Waals surface area contributed by atoms with Crippen LogP contribution in [0.15, 0.2) is 18.2 Å². The molecule has 1 fully saturated rings. The quantitative estimate of drug-likeness (QED) is 0.671. The molecular formula is C13H18FN3O3. The van der Waals surface area contributed by atoms with Gasteiger partial charge in [-0.15, -0.1) is 0 Å². The molecular weight excluding hydrogens is 265 g/mol. The number of nitrogens with two attached hydrogens (primary N) is 1. The second-order valence-electron chi connectivity index (χ2n) is 4.89. The minimum atomic E-state index is -0.612. The number of ether oxygens (including phenoxy) is 1. The van der Waals surface area contributed by atoms with Crippen molar-refractivity contribution in [1.82, 2.24) is 0 Å². The van der Waals surface area contributed by atoms with Crippen molar-refractivity contribution in [3.63, 3.8) is 0 Å². The smallest absolute Gasteiger partial charge is 0.274 e. The lowest BCUT2D eigenvalue weighted by Crippen LogP contribution is -2.48. The number of rotatable bonds is 4. The number of benzene rings is 1. The molecule has 0 aromatic heterocycles. The minimum Gasteiger partial charge on any atom is -0.381 e. The van der Waals surface area contributed by atoms with Crippen molar-refractivity contribution in [2.24, 2.45) is 5.73 Å². The summed E-state index contributed by atoms with van der Waals surface area (Å²) in [5.74, 6) is -0.612. The molecule has 2 rings (SSSR count). The van der Waals surface area contributed by atoms with E-state index >= 15 is 0 Å². The molecule has 2 N–H and O–H groups in total. The highest BCUT2D eigenvalue weighted by Crippen LogP contribution is 2.29. The maximum Gasteiger partial charge on any atom is 0.274 e. The zero-order chi connectivity index (χ0) is 14.7. The van der Waals surface area contributed by atoms with Gasteiger partial charge in [-0.25, -0.2) is 4.39 Å². The Morgan fingerprint density at radius 3 is 2.90 bits per heavy atom. The van der Waals surface area contributed by atoms with E-state index in [0.29, 0.717) is 18.8 Å². The first-order chi connectivity index (χ1) is 9.55. The molecule has 0 aliphatic carbocycles. The molecule has 2 unspecified atom stereocenters. The fourth-order valence-electron chi connectivity index (χ4n) is 2.62. The van der Waals surface area contributed by atoms with Crippen molar-refractivity contribution in [1.29, 1.82) is 0 Å². The monoisotopic (exact) mass is 283 g/mol. The van der Waals surface area contributed by atoms with Crippen molar-refractivity contribution >= 4 is 11.4 Å². The summed E-state index contributed by atoms with van der Waals surface area (Å²) in [5.41, 5.74) is 6.01. The maximum absolute atomic E-state index is 13.5. The molecule has 0 radical (unpaired) electrons. The summed E-state index contributed by atoms with van der Waals surface area (Å²) in [6, 6.07) is 3.61. The van der Waals surface area contributed by atoms with Crippen molar-refractivity contribution in [2.45, 2.75) is 25.0 Å². The number of hydrogen-bond acceptors (Lipinski definition) is 5. The van der Waals surface area contributed by atoms with Crippen LogP contribution in [0.3, 0.4) is 0 Å². The second-order valence-corrected chi connectivity index (χ2v) is 4.89. The third-order valence-corrected chi connectivity index (χ3v) is 3.68. The van der Waals surface area contributed by atoms with E-state index in [1.54, 1.807) is 7.11 Å². The Bertz CT molecular complexity index is 498. The molecule has 0 amide bonds. The lowest BCUT2D eigenvalue weighted by atomic mass is 9.98. The highest BCUT2D eigenvalue weighted by Gasteiger charge is 2.28. The van der Waals surface area contributed by atoms with Crippen LogP contribution in [0.25, 0.3) is 0 Å². The van der Waals surface area contributed by atoms with Crippen LogP contribution in [0.2, 0.25) is 0 Å². The van der Waals surface area contributed by atoms with Gasteiger partial charge in [0.1, 0.15) is 5.82 Å². The Balaban J connectivity index is 2.28. The Hall–Kier alpha value is -1.73. The predicted molar refractivity (Wildman–Crippen MR) is 73.3 cm³/mol. The summed E-state index contributed by atoms with van der Waals surface area (Å²) in [5, 5.41) is 10.8. The SMILES string of the molecule is COC1CCN(c2cc(F)cc([N+](=O)[O-])c2)C(CN)C1. The van der Waals surface area contributed by atoms with Gasteiger partial charge in [-0.2, -0.15) is 0 Å². The minimum absolute atomic E-state index is 0.00453. The Labute approximate surface area is 116 Å². The molecule has 0 bridgehead atoms. The van der Waals surface area contributed by atoms with Gasteiger partial charge in [0, 0.05) is 38.0 Å². The van der Waals surface area contributed by atoms with E-state index in [0.717, 1.165) is 18.9 Å². The van der Waals surface area contributed by atoms with Gasteiger partial charge in [-0.3, -0.25) is 10.1 Å². The van der Waals surface area contributed by atoms with Crippen LogP contribution in [-0.2, 0) is 4.74 Å². The average Bonchev–Trinajstić information content (AvgIpc) is 2.45. The van der Waals surface area contributed by atoms with Gasteiger partial charge in [-0.05, 0) is 18.9 Å². The van der Waals surface area contributed by atoms with Gasteiger partial charge in [0.05, 0.1) is 17.1 Å². The molecule has 1 aromatic rings. The molecule has 110 valence electrons. The summed E-state index contributed by atoms with van der Waals surface area (Å²) in [6.45, 7) is 1.03. The summed E-state index contributed by atoms with van der Waals surface area (Å²) in [6.07, 6.45) is 1.65. The largest absolute Gasteiger partial charge is 0.381 e. The van der Waals surface area contributed by atoms with Crippen LogP contribution in [0.4, 0.5) is 15.8 Å². The molecule has 0 spiro atoms. The topological polar surface area (TPSA) is 81.6 Å². The molecule has 2 atom stereocenters.